The fourth-order valence-electron chi connectivity index (χ4n) is 1.09. The van der Waals surface area contributed by atoms with Gasteiger partial charge in [0.25, 0.3) is 0 Å². The summed E-state index contributed by atoms with van der Waals surface area (Å²) in [6.07, 6.45) is 8.91. The number of unbranched alkanes of at least 4 members (excludes halogenated alkanes) is 2. The fraction of sp³-hybridized carbons (Fsp3) is 1.00. The smallest absolute Gasteiger partial charge is 0.279 e. The maximum absolute atomic E-state index is 10.7. The van der Waals surface area contributed by atoms with Gasteiger partial charge in [-0.1, -0.05) is 52.1 Å². The summed E-state index contributed by atoms with van der Waals surface area (Å²) < 4.78 is 57.5. The molecule has 0 aromatic rings. The van der Waals surface area contributed by atoms with Gasteiger partial charge in [0.2, 0.25) is 0 Å². The zero-order valence-corrected chi connectivity index (χ0v) is 12.7. The van der Waals surface area contributed by atoms with Crippen molar-refractivity contribution in [1.29, 1.82) is 0 Å². The molecule has 8 heteroatoms. The van der Waals surface area contributed by atoms with Gasteiger partial charge in [-0.25, -0.2) is 0 Å². The molecule has 1 atom stereocenters. The minimum Gasteiger partial charge on any atom is -0.279 e. The molecule has 1 N–H and O–H groups in total. The Morgan fingerprint density at radius 3 is 1.83 bits per heavy atom. The molecule has 1 aliphatic carbocycles. The van der Waals surface area contributed by atoms with Crippen molar-refractivity contribution in [3.8, 4) is 0 Å². The summed E-state index contributed by atoms with van der Waals surface area (Å²) in [4.78, 5) is 0. The van der Waals surface area contributed by atoms with E-state index >= 15 is 0 Å². The molecule has 1 fully saturated rings. The lowest BCUT2D eigenvalue weighted by Crippen LogP contribution is -2.21. The molecule has 0 heterocycles. The molecule has 0 saturated heterocycles. The third-order valence-electron chi connectivity index (χ3n) is 2.21. The van der Waals surface area contributed by atoms with Crippen LogP contribution >= 0.6 is 9.24 Å². The summed E-state index contributed by atoms with van der Waals surface area (Å²) in [6.45, 7) is 4.19. The van der Waals surface area contributed by atoms with Crippen molar-refractivity contribution in [3.05, 3.63) is 0 Å². The van der Waals surface area contributed by atoms with Gasteiger partial charge in [0.1, 0.15) is 0 Å². The molecule has 0 aromatic heterocycles. The lowest BCUT2D eigenvalue weighted by molar-refractivity contribution is -0.0510. The molecule has 0 bridgehead atoms. The Bertz CT molecular complexity index is 287. The van der Waals surface area contributed by atoms with Gasteiger partial charge in [0, 0.05) is 0 Å². The molecular formula is C10H22F3O3PS. The molecule has 0 aromatic carbocycles. The first-order chi connectivity index (χ1) is 8.18. The van der Waals surface area contributed by atoms with E-state index < -0.39 is 15.6 Å². The van der Waals surface area contributed by atoms with Crippen LogP contribution < -0.4 is 0 Å². The lowest BCUT2D eigenvalue weighted by atomic mass is 10.1. The Morgan fingerprint density at radius 2 is 1.61 bits per heavy atom. The molecule has 112 valence electrons. The Balaban J connectivity index is 0. The zero-order valence-electron chi connectivity index (χ0n) is 10.7. The van der Waals surface area contributed by atoms with E-state index in [1.807, 2.05) is 6.66 Å². The second-order valence-corrected chi connectivity index (χ2v) is 5.27. The highest BCUT2D eigenvalue weighted by Crippen LogP contribution is 2.33. The van der Waals surface area contributed by atoms with Crippen LogP contribution in [0.25, 0.3) is 0 Å². The first-order valence-corrected chi connectivity index (χ1v) is 8.39. The van der Waals surface area contributed by atoms with Crippen LogP contribution in [0.3, 0.4) is 0 Å². The molecule has 3 nitrogen and oxygen atoms in total. The van der Waals surface area contributed by atoms with Gasteiger partial charge in [0.05, 0.1) is 0 Å². The minimum absolute atomic E-state index is 1.15. The molecule has 0 spiro atoms. The van der Waals surface area contributed by atoms with Crippen molar-refractivity contribution < 1.29 is 26.1 Å². The summed E-state index contributed by atoms with van der Waals surface area (Å²) in [5.74, 6) is 1.15. The van der Waals surface area contributed by atoms with E-state index in [1.54, 1.807) is 0 Å². The third kappa shape index (κ3) is 12.6. The van der Waals surface area contributed by atoms with Gasteiger partial charge in [-0.2, -0.15) is 21.6 Å². The highest BCUT2D eigenvalue weighted by molar-refractivity contribution is 7.86. The Morgan fingerprint density at radius 1 is 1.22 bits per heavy atom. The van der Waals surface area contributed by atoms with Crippen molar-refractivity contribution in [2.45, 2.75) is 51.0 Å². The van der Waals surface area contributed by atoms with Gasteiger partial charge >= 0.3 is 15.6 Å². The fourth-order valence-corrected chi connectivity index (χ4v) is 1.09. The average Bonchev–Trinajstić information content (AvgIpc) is 3.03. The van der Waals surface area contributed by atoms with Crippen LogP contribution in [0.2, 0.25) is 0 Å². The van der Waals surface area contributed by atoms with Crippen molar-refractivity contribution in [2.24, 2.45) is 5.92 Å². The van der Waals surface area contributed by atoms with E-state index in [0.717, 1.165) is 5.92 Å². The highest BCUT2D eigenvalue weighted by Gasteiger charge is 2.44. The van der Waals surface area contributed by atoms with E-state index in [-0.39, 0.29) is 0 Å². The summed E-state index contributed by atoms with van der Waals surface area (Å²) in [6, 6.07) is 0. The van der Waals surface area contributed by atoms with E-state index in [9.17, 15) is 13.2 Å². The maximum Gasteiger partial charge on any atom is 0.522 e. The number of hydrogen-bond donors (Lipinski definition) is 1. The van der Waals surface area contributed by atoms with Crippen molar-refractivity contribution in [3.63, 3.8) is 0 Å². The molecule has 1 rings (SSSR count). The largest absolute Gasteiger partial charge is 0.522 e. The Kier molecular flexibility index (Phi) is 11.3. The van der Waals surface area contributed by atoms with Gasteiger partial charge in [-0.3, -0.25) is 4.55 Å². The highest BCUT2D eigenvalue weighted by atomic mass is 32.2. The summed E-state index contributed by atoms with van der Waals surface area (Å²) in [5, 5.41) is 0. The molecular weight excluding hydrogens is 288 g/mol. The average molecular weight is 310 g/mol. The predicted molar refractivity (Wildman–Crippen MR) is 70.1 cm³/mol. The molecule has 0 aliphatic heterocycles. The molecule has 1 unspecified atom stereocenters. The summed E-state index contributed by atoms with van der Waals surface area (Å²) >= 11 is 0. The normalized spacial score (nSPS) is 15.1. The topological polar surface area (TPSA) is 54.4 Å². The van der Waals surface area contributed by atoms with Gasteiger partial charge < -0.3 is 0 Å². The molecule has 1 aliphatic rings. The van der Waals surface area contributed by atoms with E-state index in [4.69, 9.17) is 13.0 Å². The maximum atomic E-state index is 10.7. The number of hydrogen-bond acceptors (Lipinski definition) is 2. The number of alkyl halides is 3. The van der Waals surface area contributed by atoms with Crippen LogP contribution in [0.4, 0.5) is 13.2 Å². The summed E-state index contributed by atoms with van der Waals surface area (Å²) in [7, 11) is -3.42. The minimum atomic E-state index is -5.84. The molecule has 18 heavy (non-hydrogen) atoms. The predicted octanol–water partition coefficient (Wildman–Crippen LogP) is 3.86. The van der Waals surface area contributed by atoms with Crippen LogP contribution in [0.5, 0.6) is 0 Å². The molecule has 1 saturated carbocycles. The first kappa shape index (κ1) is 20.4. The second-order valence-electron chi connectivity index (χ2n) is 3.86. The molecule has 0 radical (unpaired) electrons. The first-order valence-electron chi connectivity index (χ1n) is 5.80. The van der Waals surface area contributed by atoms with E-state index in [1.165, 1.54) is 38.5 Å². The number of rotatable bonds is 4. The third-order valence-corrected chi connectivity index (χ3v) is 2.79. The Labute approximate surface area is 109 Å². The van der Waals surface area contributed by atoms with Crippen LogP contribution in [-0.2, 0) is 10.1 Å². The molecule has 0 amide bonds. The van der Waals surface area contributed by atoms with Crippen molar-refractivity contribution >= 4 is 19.4 Å². The van der Waals surface area contributed by atoms with Gasteiger partial charge in [-0.15, -0.1) is 9.24 Å². The standard InChI is InChI=1S/C8H16.CHF3O3S.CH5P/c1-2-3-4-5-8-6-7-8;2-1(3,4)8(5,6)7;1-2/h8H,2-7H2,1H3;(H,5,6,7);2H2,1H3. The second kappa shape index (κ2) is 9.98. The van der Waals surface area contributed by atoms with Crippen molar-refractivity contribution in [1.82, 2.24) is 0 Å². The SMILES string of the molecule is CCCCCC1CC1.CP.O=S(=O)(O)C(F)(F)F. The van der Waals surface area contributed by atoms with Crippen LogP contribution in [-0.4, -0.2) is 25.1 Å². The van der Waals surface area contributed by atoms with E-state index in [0.29, 0.717) is 0 Å². The van der Waals surface area contributed by atoms with Gasteiger partial charge in [-0.05, 0) is 5.92 Å². The zero-order chi connectivity index (χ0) is 14.8. The van der Waals surface area contributed by atoms with Crippen LogP contribution in [0.15, 0.2) is 0 Å². The monoisotopic (exact) mass is 310 g/mol. The van der Waals surface area contributed by atoms with Crippen LogP contribution in [0.1, 0.15) is 45.4 Å². The van der Waals surface area contributed by atoms with E-state index in [2.05, 4.69) is 16.2 Å². The van der Waals surface area contributed by atoms with Crippen LogP contribution in [0, 0.1) is 5.92 Å². The van der Waals surface area contributed by atoms with Crippen molar-refractivity contribution in [2.75, 3.05) is 6.66 Å². The Hall–Kier alpha value is 0.130. The quantitative estimate of drug-likeness (QED) is 0.371. The lowest BCUT2D eigenvalue weighted by Gasteiger charge is -1.97. The summed E-state index contributed by atoms with van der Waals surface area (Å²) in [5.41, 5.74) is -5.53. The van der Waals surface area contributed by atoms with Gasteiger partial charge in [0.15, 0.2) is 0 Å². The number of halogens is 3.